The summed E-state index contributed by atoms with van der Waals surface area (Å²) in [6, 6.07) is 8.11. The van der Waals surface area contributed by atoms with E-state index in [-0.39, 0.29) is 16.7 Å². The van der Waals surface area contributed by atoms with Crippen LogP contribution in [0, 0.1) is 0 Å². The van der Waals surface area contributed by atoms with Gasteiger partial charge in [-0.2, -0.15) is 4.31 Å². The zero-order valence-electron chi connectivity index (χ0n) is 12.1. The van der Waals surface area contributed by atoms with Gasteiger partial charge in [-0.25, -0.2) is 8.42 Å². The molecule has 0 saturated heterocycles. The second-order valence-corrected chi connectivity index (χ2v) is 7.57. The largest absolute Gasteiger partial charge is 0.495 e. The fourth-order valence-corrected chi connectivity index (χ4v) is 4.34. The van der Waals surface area contributed by atoms with Crippen molar-refractivity contribution in [3.63, 3.8) is 0 Å². The smallest absolute Gasteiger partial charge is 0.247 e. The lowest BCUT2D eigenvalue weighted by atomic mass is 10.3. The highest BCUT2D eigenvalue weighted by molar-refractivity contribution is 7.89. The van der Waals surface area contributed by atoms with Crippen LogP contribution in [0.15, 0.2) is 40.6 Å². The summed E-state index contributed by atoms with van der Waals surface area (Å²) in [5, 5.41) is 1.93. The van der Waals surface area contributed by atoms with Crippen LogP contribution in [0.2, 0.25) is 0 Å². The molecule has 0 aliphatic rings. The van der Waals surface area contributed by atoms with Gasteiger partial charge in [-0.15, -0.1) is 11.3 Å². The highest BCUT2D eigenvalue weighted by atomic mass is 32.2. The molecule has 0 saturated carbocycles. The molecule has 0 fully saturated rings. The quantitative estimate of drug-likeness (QED) is 0.858. The third-order valence-electron chi connectivity index (χ3n) is 3.35. The van der Waals surface area contributed by atoms with E-state index in [1.54, 1.807) is 13.1 Å². The third-order valence-corrected chi connectivity index (χ3v) is 6.36. The molecule has 2 aromatic rings. The minimum absolute atomic E-state index is 0.116. The van der Waals surface area contributed by atoms with Crippen molar-refractivity contribution in [1.29, 1.82) is 0 Å². The third kappa shape index (κ3) is 3.04. The first kappa shape index (κ1) is 15.8. The molecule has 0 aliphatic carbocycles. The summed E-state index contributed by atoms with van der Waals surface area (Å²) in [7, 11) is -0.672. The van der Waals surface area contributed by atoms with Gasteiger partial charge in [0.25, 0.3) is 0 Å². The van der Waals surface area contributed by atoms with Crippen molar-refractivity contribution in [3.8, 4) is 5.75 Å². The molecule has 0 spiro atoms. The molecule has 0 aliphatic heterocycles. The average Bonchev–Trinajstić information content (AvgIpc) is 2.99. The number of nitrogens with two attached hydrogens (primary N) is 1. The molecule has 2 N–H and O–H groups in total. The number of ether oxygens (including phenoxy) is 1. The molecular weight excluding hydrogens is 308 g/mol. The highest BCUT2D eigenvalue weighted by Crippen LogP contribution is 2.33. The fourth-order valence-electron chi connectivity index (χ4n) is 1.97. The van der Waals surface area contributed by atoms with Crippen LogP contribution in [-0.2, 0) is 10.0 Å². The summed E-state index contributed by atoms with van der Waals surface area (Å²) in [6.07, 6.45) is 0. The maximum absolute atomic E-state index is 12.8. The zero-order chi connectivity index (χ0) is 15.6. The Hall–Kier alpha value is -1.57. The van der Waals surface area contributed by atoms with E-state index in [0.29, 0.717) is 5.69 Å². The second kappa shape index (κ2) is 6.05. The van der Waals surface area contributed by atoms with Crippen LogP contribution < -0.4 is 10.5 Å². The Morgan fingerprint density at radius 2 is 2.05 bits per heavy atom. The Morgan fingerprint density at radius 1 is 1.33 bits per heavy atom. The molecule has 0 bridgehead atoms. The number of rotatable bonds is 5. The molecule has 5 nitrogen and oxygen atoms in total. The van der Waals surface area contributed by atoms with Crippen molar-refractivity contribution in [1.82, 2.24) is 4.31 Å². The molecular formula is C14H18N2O3S2. The van der Waals surface area contributed by atoms with Crippen molar-refractivity contribution in [2.45, 2.75) is 17.9 Å². The van der Waals surface area contributed by atoms with Crippen molar-refractivity contribution in [2.24, 2.45) is 0 Å². The number of benzene rings is 1. The maximum atomic E-state index is 12.8. The van der Waals surface area contributed by atoms with Crippen LogP contribution in [-0.4, -0.2) is 26.9 Å². The summed E-state index contributed by atoms with van der Waals surface area (Å²) in [6.45, 7) is 1.85. The normalized spacial score (nSPS) is 13.3. The number of anilines is 1. The lowest BCUT2D eigenvalue weighted by Gasteiger charge is -2.24. The van der Waals surface area contributed by atoms with Crippen molar-refractivity contribution in [3.05, 3.63) is 40.6 Å². The van der Waals surface area contributed by atoms with Gasteiger partial charge in [-0.3, -0.25) is 0 Å². The molecule has 7 heteroatoms. The van der Waals surface area contributed by atoms with Crippen molar-refractivity contribution < 1.29 is 13.2 Å². The number of nitrogens with zero attached hydrogens (tertiary/aromatic N) is 1. The minimum atomic E-state index is -3.66. The van der Waals surface area contributed by atoms with E-state index in [2.05, 4.69) is 0 Å². The number of hydrogen-bond acceptors (Lipinski definition) is 5. The summed E-state index contributed by atoms with van der Waals surface area (Å²) in [5.74, 6) is 0.250. The lowest BCUT2D eigenvalue weighted by molar-refractivity contribution is 0.384. The Bertz CT molecular complexity index is 712. The van der Waals surface area contributed by atoms with Gasteiger partial charge in [0.05, 0.1) is 13.2 Å². The van der Waals surface area contributed by atoms with E-state index >= 15 is 0 Å². The van der Waals surface area contributed by atoms with E-state index < -0.39 is 10.0 Å². The Labute approximate surface area is 129 Å². The van der Waals surface area contributed by atoms with E-state index in [1.807, 2.05) is 24.4 Å². The van der Waals surface area contributed by atoms with E-state index in [0.717, 1.165) is 4.88 Å². The first-order valence-corrected chi connectivity index (χ1v) is 8.65. The Kier molecular flexibility index (Phi) is 4.55. The molecule has 1 heterocycles. The van der Waals surface area contributed by atoms with Crippen molar-refractivity contribution >= 4 is 27.0 Å². The van der Waals surface area contributed by atoms with E-state index in [9.17, 15) is 8.42 Å². The Balaban J connectivity index is 2.42. The standard InChI is InChI=1S/C14H18N2O3S2/c1-10(13-5-4-8-20-13)16(2)21(17,18)14-7-6-11(15)9-12(14)19-3/h4-10H,15H2,1-3H3. The molecule has 1 atom stereocenters. The van der Waals surface area contributed by atoms with Gasteiger partial charge >= 0.3 is 0 Å². The summed E-state index contributed by atoms with van der Waals surface area (Å²) >= 11 is 1.53. The number of thiophene rings is 1. The highest BCUT2D eigenvalue weighted by Gasteiger charge is 2.29. The minimum Gasteiger partial charge on any atom is -0.495 e. The van der Waals surface area contributed by atoms with Gasteiger partial charge in [0.1, 0.15) is 10.6 Å². The van der Waals surface area contributed by atoms with Crippen LogP contribution in [0.5, 0.6) is 5.75 Å². The predicted molar refractivity (Wildman–Crippen MR) is 85.1 cm³/mol. The summed E-state index contributed by atoms with van der Waals surface area (Å²) < 4.78 is 32.0. The maximum Gasteiger partial charge on any atom is 0.247 e. The van der Waals surface area contributed by atoms with Crippen LogP contribution in [0.25, 0.3) is 0 Å². The second-order valence-electron chi connectivity index (χ2n) is 4.62. The lowest BCUT2D eigenvalue weighted by Crippen LogP contribution is -2.29. The van der Waals surface area contributed by atoms with Gasteiger partial charge in [-0.05, 0) is 30.5 Å². The number of sulfonamides is 1. The molecule has 2 rings (SSSR count). The first-order chi connectivity index (χ1) is 9.87. The molecule has 0 radical (unpaired) electrons. The first-order valence-electron chi connectivity index (χ1n) is 6.33. The van der Waals surface area contributed by atoms with Crippen LogP contribution in [0.3, 0.4) is 0 Å². The van der Waals surface area contributed by atoms with Gasteiger partial charge in [0, 0.05) is 23.7 Å². The average molecular weight is 326 g/mol. The number of hydrogen-bond donors (Lipinski definition) is 1. The van der Waals surface area contributed by atoms with Crippen molar-refractivity contribution in [2.75, 3.05) is 19.9 Å². The van der Waals surface area contributed by atoms with Gasteiger partial charge in [-0.1, -0.05) is 6.07 Å². The SMILES string of the molecule is COc1cc(N)ccc1S(=O)(=O)N(C)C(C)c1cccs1. The zero-order valence-corrected chi connectivity index (χ0v) is 13.7. The van der Waals surface area contributed by atoms with Gasteiger partial charge in [0.15, 0.2) is 0 Å². The molecule has 1 aromatic carbocycles. The fraction of sp³-hybridized carbons (Fsp3) is 0.286. The predicted octanol–water partition coefficient (Wildman–Crippen LogP) is 2.72. The number of methoxy groups -OCH3 is 1. The molecule has 1 unspecified atom stereocenters. The van der Waals surface area contributed by atoms with Crippen LogP contribution in [0.1, 0.15) is 17.8 Å². The molecule has 114 valence electrons. The molecule has 21 heavy (non-hydrogen) atoms. The van der Waals surface area contributed by atoms with Crippen LogP contribution >= 0.6 is 11.3 Å². The monoisotopic (exact) mass is 326 g/mol. The van der Waals surface area contributed by atoms with Crippen LogP contribution in [0.4, 0.5) is 5.69 Å². The van der Waals surface area contributed by atoms with E-state index in [4.69, 9.17) is 10.5 Å². The van der Waals surface area contributed by atoms with E-state index in [1.165, 1.54) is 34.9 Å². The van der Waals surface area contributed by atoms with Gasteiger partial charge < -0.3 is 10.5 Å². The Morgan fingerprint density at radius 3 is 2.62 bits per heavy atom. The summed E-state index contributed by atoms with van der Waals surface area (Å²) in [5.41, 5.74) is 6.13. The summed E-state index contributed by atoms with van der Waals surface area (Å²) in [4.78, 5) is 1.10. The molecule has 0 amide bonds. The number of nitrogen functional groups attached to an aromatic ring is 1. The van der Waals surface area contributed by atoms with Gasteiger partial charge in [0.2, 0.25) is 10.0 Å². The topological polar surface area (TPSA) is 72.6 Å². The molecule has 1 aromatic heterocycles.